The maximum absolute atomic E-state index is 12.0. The summed E-state index contributed by atoms with van der Waals surface area (Å²) in [5.41, 5.74) is 1.42. The third kappa shape index (κ3) is 3.67. The second-order valence-corrected chi connectivity index (χ2v) is 8.10. The van der Waals surface area contributed by atoms with Crippen molar-refractivity contribution in [2.24, 2.45) is 0 Å². The lowest BCUT2D eigenvalue weighted by Gasteiger charge is -2.19. The standard InChI is InChI=1S/C22H22N2O2S/c1-24(2)18(20-8-5-11-27-20)14-23-13-16-12-21(25)26-19-10-9-15-6-3-4-7-17(15)22(16)19/h3-12,18,23H,13-14H2,1-2H3/p+2/t18-/m1/s1. The number of benzene rings is 2. The van der Waals surface area contributed by atoms with Crippen molar-refractivity contribution in [2.45, 2.75) is 12.6 Å². The van der Waals surface area contributed by atoms with Gasteiger partial charge in [0.1, 0.15) is 18.7 Å². The van der Waals surface area contributed by atoms with E-state index in [9.17, 15) is 4.79 Å². The lowest BCUT2D eigenvalue weighted by molar-refractivity contribution is -0.910. The lowest BCUT2D eigenvalue weighted by atomic mass is 10.0. The molecule has 5 heteroatoms. The fraction of sp³-hybridized carbons (Fsp3) is 0.227. The molecule has 0 aliphatic heterocycles. The zero-order valence-corrected chi connectivity index (χ0v) is 16.4. The predicted octanol–water partition coefficient (Wildman–Crippen LogP) is 1.96. The third-order valence-electron chi connectivity index (χ3n) is 5.06. The molecule has 0 saturated heterocycles. The molecule has 0 fully saturated rings. The topological polar surface area (TPSA) is 51.3 Å². The second kappa shape index (κ2) is 7.64. The SMILES string of the molecule is C[NH+](C)[C@H](C[NH2+]Cc1cc(=O)oc2ccc3ccccc3c12)c1cccs1. The van der Waals surface area contributed by atoms with Crippen molar-refractivity contribution in [3.05, 3.63) is 80.8 Å². The van der Waals surface area contributed by atoms with Crippen molar-refractivity contribution in [3.63, 3.8) is 0 Å². The van der Waals surface area contributed by atoms with Crippen LogP contribution < -0.4 is 15.8 Å². The Labute approximate surface area is 162 Å². The normalized spacial score (nSPS) is 12.9. The zero-order valence-electron chi connectivity index (χ0n) is 15.6. The average Bonchev–Trinajstić information content (AvgIpc) is 3.18. The van der Waals surface area contributed by atoms with E-state index in [0.717, 1.165) is 34.8 Å². The van der Waals surface area contributed by atoms with Gasteiger partial charge in [0.25, 0.3) is 0 Å². The van der Waals surface area contributed by atoms with Gasteiger partial charge in [-0.25, -0.2) is 4.79 Å². The first-order valence-electron chi connectivity index (χ1n) is 9.23. The van der Waals surface area contributed by atoms with E-state index in [4.69, 9.17) is 4.42 Å². The third-order valence-corrected chi connectivity index (χ3v) is 6.05. The summed E-state index contributed by atoms with van der Waals surface area (Å²) in [6.07, 6.45) is 0. The monoisotopic (exact) mass is 380 g/mol. The minimum absolute atomic E-state index is 0.283. The number of likely N-dealkylation sites (N-methyl/N-ethyl adjacent to an activating group) is 1. The molecule has 0 spiro atoms. The van der Waals surface area contributed by atoms with E-state index in [1.54, 1.807) is 17.4 Å². The first-order chi connectivity index (χ1) is 13.1. The Morgan fingerprint density at radius 3 is 2.74 bits per heavy atom. The van der Waals surface area contributed by atoms with Crippen molar-refractivity contribution < 1.29 is 14.6 Å². The molecule has 0 bridgehead atoms. The smallest absolute Gasteiger partial charge is 0.336 e. The average molecular weight is 381 g/mol. The van der Waals surface area contributed by atoms with Gasteiger partial charge < -0.3 is 14.6 Å². The van der Waals surface area contributed by atoms with Crippen LogP contribution in [-0.4, -0.2) is 20.6 Å². The molecule has 0 radical (unpaired) electrons. The Hall–Kier alpha value is -2.47. The Bertz CT molecular complexity index is 1120. The van der Waals surface area contributed by atoms with Crippen molar-refractivity contribution in [1.29, 1.82) is 0 Å². The van der Waals surface area contributed by atoms with Crippen molar-refractivity contribution >= 4 is 33.1 Å². The molecule has 4 aromatic rings. The number of fused-ring (bicyclic) bond motifs is 3. The summed E-state index contributed by atoms with van der Waals surface area (Å²) in [6, 6.07) is 18.6. The Balaban J connectivity index is 1.65. The quantitative estimate of drug-likeness (QED) is 0.397. The number of nitrogens with one attached hydrogen (secondary N) is 1. The summed E-state index contributed by atoms with van der Waals surface area (Å²) in [6.45, 7) is 1.72. The Morgan fingerprint density at radius 2 is 1.96 bits per heavy atom. The van der Waals surface area contributed by atoms with Crippen LogP contribution in [0.1, 0.15) is 16.5 Å². The number of nitrogens with two attached hydrogens (primary N) is 1. The Morgan fingerprint density at radius 1 is 1.11 bits per heavy atom. The maximum atomic E-state index is 12.0. The number of hydrogen-bond donors (Lipinski definition) is 2. The zero-order chi connectivity index (χ0) is 18.8. The van der Waals surface area contributed by atoms with Gasteiger partial charge >= 0.3 is 5.63 Å². The summed E-state index contributed by atoms with van der Waals surface area (Å²) < 4.78 is 5.46. The first kappa shape index (κ1) is 17.9. The van der Waals surface area contributed by atoms with Crippen LogP contribution in [0, 0.1) is 0 Å². The number of hydrogen-bond acceptors (Lipinski definition) is 3. The molecule has 4 nitrogen and oxygen atoms in total. The van der Waals surface area contributed by atoms with E-state index < -0.39 is 0 Å². The highest BCUT2D eigenvalue weighted by Gasteiger charge is 2.21. The van der Waals surface area contributed by atoms with Crippen molar-refractivity contribution in [3.8, 4) is 0 Å². The molecule has 2 heterocycles. The summed E-state index contributed by atoms with van der Waals surface area (Å²) in [5, 5.41) is 7.78. The van der Waals surface area contributed by atoms with Crippen LogP contribution in [0.3, 0.4) is 0 Å². The summed E-state index contributed by atoms with van der Waals surface area (Å²) in [7, 11) is 4.39. The highest BCUT2D eigenvalue weighted by Crippen LogP contribution is 2.27. The Kier molecular flexibility index (Phi) is 5.07. The highest BCUT2D eigenvalue weighted by atomic mass is 32.1. The van der Waals surface area contributed by atoms with Crippen LogP contribution in [0.5, 0.6) is 0 Å². The molecule has 1 atom stereocenters. The van der Waals surface area contributed by atoms with Gasteiger partial charge in [-0.2, -0.15) is 0 Å². The first-order valence-corrected chi connectivity index (χ1v) is 10.1. The van der Waals surface area contributed by atoms with E-state index >= 15 is 0 Å². The van der Waals surface area contributed by atoms with E-state index in [1.165, 1.54) is 9.78 Å². The second-order valence-electron chi connectivity index (χ2n) is 7.12. The van der Waals surface area contributed by atoms with Crippen LogP contribution >= 0.6 is 11.3 Å². The molecule has 27 heavy (non-hydrogen) atoms. The molecule has 0 unspecified atom stereocenters. The molecule has 0 aliphatic carbocycles. The molecule has 2 aromatic heterocycles. The molecule has 0 aliphatic rings. The van der Waals surface area contributed by atoms with Gasteiger partial charge in [-0.15, -0.1) is 11.3 Å². The van der Waals surface area contributed by atoms with Crippen LogP contribution in [0.25, 0.3) is 21.7 Å². The lowest BCUT2D eigenvalue weighted by Crippen LogP contribution is -3.09. The van der Waals surface area contributed by atoms with Crippen molar-refractivity contribution in [2.75, 3.05) is 20.6 Å². The molecule has 138 valence electrons. The van der Waals surface area contributed by atoms with Gasteiger partial charge in [0, 0.05) is 17.0 Å². The molecule has 4 rings (SSSR count). The number of quaternary nitrogens is 2. The minimum atomic E-state index is -0.283. The van der Waals surface area contributed by atoms with Gasteiger partial charge in [-0.3, -0.25) is 0 Å². The minimum Gasteiger partial charge on any atom is -0.423 e. The van der Waals surface area contributed by atoms with Gasteiger partial charge in [0.2, 0.25) is 0 Å². The molecule has 0 amide bonds. The summed E-state index contributed by atoms with van der Waals surface area (Å²) in [4.78, 5) is 14.9. The number of rotatable bonds is 6. The van der Waals surface area contributed by atoms with Crippen LogP contribution in [0.4, 0.5) is 0 Å². The van der Waals surface area contributed by atoms with Crippen LogP contribution in [-0.2, 0) is 6.54 Å². The van der Waals surface area contributed by atoms with Gasteiger partial charge in [-0.05, 0) is 28.3 Å². The molecule has 3 N–H and O–H groups in total. The van der Waals surface area contributed by atoms with Crippen LogP contribution in [0.15, 0.2) is 69.2 Å². The molecule has 2 aromatic carbocycles. The van der Waals surface area contributed by atoms with E-state index in [1.807, 2.05) is 24.3 Å². The van der Waals surface area contributed by atoms with Gasteiger partial charge in [0.05, 0.1) is 19.0 Å². The molecule has 0 saturated carbocycles. The predicted molar refractivity (Wildman–Crippen MR) is 110 cm³/mol. The van der Waals surface area contributed by atoms with Gasteiger partial charge in [-0.1, -0.05) is 36.4 Å². The molecular formula is C22H24N2O2S+2. The fourth-order valence-corrected chi connectivity index (χ4v) is 4.68. The van der Waals surface area contributed by atoms with Gasteiger partial charge in [0.15, 0.2) is 6.04 Å². The largest absolute Gasteiger partial charge is 0.423 e. The highest BCUT2D eigenvalue weighted by molar-refractivity contribution is 7.10. The maximum Gasteiger partial charge on any atom is 0.336 e. The molecular weight excluding hydrogens is 356 g/mol. The van der Waals surface area contributed by atoms with E-state index in [-0.39, 0.29) is 5.63 Å². The number of thiophene rings is 1. The van der Waals surface area contributed by atoms with E-state index in [2.05, 4.69) is 49.1 Å². The fourth-order valence-electron chi connectivity index (χ4n) is 3.71. The summed E-state index contributed by atoms with van der Waals surface area (Å²) >= 11 is 1.81. The van der Waals surface area contributed by atoms with Crippen molar-refractivity contribution in [1.82, 2.24) is 0 Å². The van der Waals surface area contributed by atoms with E-state index in [0.29, 0.717) is 11.6 Å². The van der Waals surface area contributed by atoms with Crippen LogP contribution in [0.2, 0.25) is 0 Å². The summed E-state index contributed by atoms with van der Waals surface area (Å²) in [5.74, 6) is 0.